The van der Waals surface area contributed by atoms with Gasteiger partial charge in [-0.3, -0.25) is 4.57 Å². The van der Waals surface area contributed by atoms with Gasteiger partial charge in [-0.15, -0.1) is 0 Å². The summed E-state index contributed by atoms with van der Waals surface area (Å²) in [5.74, 6) is -1.09. The van der Waals surface area contributed by atoms with Crippen LogP contribution in [-0.4, -0.2) is 20.6 Å². The third-order valence-electron chi connectivity index (χ3n) is 4.54. The molecule has 0 amide bonds. The maximum Gasteiger partial charge on any atom is 0.416 e. The second kappa shape index (κ2) is 5.84. The van der Waals surface area contributed by atoms with Crippen LogP contribution in [0.5, 0.6) is 0 Å². The predicted octanol–water partition coefficient (Wildman–Crippen LogP) is 5.20. The maximum atomic E-state index is 12.9. The zero-order chi connectivity index (χ0) is 19.3. The number of fused-ring (bicyclic) bond motifs is 3. The third-order valence-corrected chi connectivity index (χ3v) is 4.54. The number of pyridine rings is 1. The van der Waals surface area contributed by atoms with Crippen LogP contribution in [0.25, 0.3) is 27.6 Å². The number of aromatic carboxylic acids is 1. The first-order valence-corrected chi connectivity index (χ1v) is 8.08. The number of halogens is 3. The normalized spacial score (nSPS) is 12.0. The molecule has 0 aliphatic carbocycles. The van der Waals surface area contributed by atoms with Crippen molar-refractivity contribution in [3.63, 3.8) is 0 Å². The molecule has 0 aliphatic rings. The molecule has 0 aliphatic heterocycles. The fourth-order valence-corrected chi connectivity index (χ4v) is 3.30. The molecule has 0 saturated heterocycles. The lowest BCUT2D eigenvalue weighted by Gasteiger charge is -2.10. The van der Waals surface area contributed by atoms with Crippen molar-refractivity contribution in [1.29, 1.82) is 0 Å². The molecule has 0 bridgehead atoms. The Morgan fingerprint density at radius 3 is 2.44 bits per heavy atom. The van der Waals surface area contributed by atoms with Crippen LogP contribution < -0.4 is 0 Å². The van der Waals surface area contributed by atoms with Gasteiger partial charge in [0.2, 0.25) is 0 Å². The van der Waals surface area contributed by atoms with Crippen molar-refractivity contribution in [3.05, 3.63) is 71.4 Å². The number of nitrogens with zero attached hydrogens (tertiary/aromatic N) is 2. The number of carboxylic acids is 1. The highest BCUT2D eigenvalue weighted by atomic mass is 19.4. The molecule has 4 rings (SSSR count). The molecule has 0 unspecified atom stereocenters. The SMILES string of the molecule is Cc1cccc2c1c1cc(C(=O)O)cnc1n2-c1ccc(C(F)(F)F)cc1. The Hall–Kier alpha value is -3.35. The average molecular weight is 370 g/mol. The number of hydrogen-bond acceptors (Lipinski definition) is 2. The van der Waals surface area contributed by atoms with Crippen molar-refractivity contribution < 1.29 is 23.1 Å². The maximum absolute atomic E-state index is 12.9. The summed E-state index contributed by atoms with van der Waals surface area (Å²) < 4.78 is 40.3. The number of carbonyl (C=O) groups is 1. The van der Waals surface area contributed by atoms with Crippen LogP contribution in [0.2, 0.25) is 0 Å². The van der Waals surface area contributed by atoms with Gasteiger partial charge in [0, 0.05) is 22.7 Å². The first-order chi connectivity index (χ1) is 12.8. The molecule has 4 nitrogen and oxygen atoms in total. The summed E-state index contributed by atoms with van der Waals surface area (Å²) in [6.07, 6.45) is -3.16. The molecular weight excluding hydrogens is 357 g/mol. The summed E-state index contributed by atoms with van der Waals surface area (Å²) in [5.41, 5.74) is 2.00. The number of hydrogen-bond donors (Lipinski definition) is 1. The number of alkyl halides is 3. The zero-order valence-corrected chi connectivity index (χ0v) is 14.1. The smallest absolute Gasteiger partial charge is 0.416 e. The van der Waals surface area contributed by atoms with Gasteiger partial charge in [0.05, 0.1) is 16.6 Å². The Morgan fingerprint density at radius 1 is 1.11 bits per heavy atom. The van der Waals surface area contributed by atoms with Crippen LogP contribution in [0.15, 0.2) is 54.7 Å². The van der Waals surface area contributed by atoms with Crippen LogP contribution in [0.1, 0.15) is 21.5 Å². The van der Waals surface area contributed by atoms with E-state index in [1.54, 1.807) is 10.6 Å². The van der Waals surface area contributed by atoms with Gasteiger partial charge in [0.1, 0.15) is 5.65 Å². The van der Waals surface area contributed by atoms with Gasteiger partial charge in [-0.05, 0) is 48.9 Å². The summed E-state index contributed by atoms with van der Waals surface area (Å²) in [4.78, 5) is 15.6. The molecule has 2 aromatic heterocycles. The molecule has 0 saturated carbocycles. The number of aromatic nitrogens is 2. The fourth-order valence-electron chi connectivity index (χ4n) is 3.30. The molecular formula is C20H13F3N2O2. The van der Waals surface area contributed by atoms with E-state index in [1.165, 1.54) is 18.3 Å². The highest BCUT2D eigenvalue weighted by Crippen LogP contribution is 2.35. The van der Waals surface area contributed by atoms with Crippen LogP contribution >= 0.6 is 0 Å². The van der Waals surface area contributed by atoms with Gasteiger partial charge in [-0.1, -0.05) is 12.1 Å². The van der Waals surface area contributed by atoms with Crippen LogP contribution in [0, 0.1) is 6.92 Å². The lowest BCUT2D eigenvalue weighted by Crippen LogP contribution is -2.05. The molecule has 0 spiro atoms. The van der Waals surface area contributed by atoms with Crippen molar-refractivity contribution in [3.8, 4) is 5.69 Å². The third kappa shape index (κ3) is 2.71. The molecule has 27 heavy (non-hydrogen) atoms. The van der Waals surface area contributed by atoms with Crippen LogP contribution in [0.3, 0.4) is 0 Å². The average Bonchev–Trinajstić information content (AvgIpc) is 2.95. The van der Waals surface area contributed by atoms with Crippen molar-refractivity contribution in [2.24, 2.45) is 0 Å². The van der Waals surface area contributed by atoms with E-state index in [4.69, 9.17) is 0 Å². The summed E-state index contributed by atoms with van der Waals surface area (Å²) in [7, 11) is 0. The minimum Gasteiger partial charge on any atom is -0.478 e. The molecule has 1 N–H and O–H groups in total. The Kier molecular flexibility index (Phi) is 3.69. The zero-order valence-electron chi connectivity index (χ0n) is 14.1. The van der Waals surface area contributed by atoms with E-state index in [0.29, 0.717) is 16.7 Å². The first-order valence-electron chi connectivity index (χ1n) is 8.08. The highest BCUT2D eigenvalue weighted by Gasteiger charge is 2.30. The molecule has 4 aromatic rings. The predicted molar refractivity (Wildman–Crippen MR) is 95.3 cm³/mol. The Balaban J connectivity index is 2.05. The second-order valence-corrected chi connectivity index (χ2v) is 6.25. The Bertz CT molecular complexity index is 1190. The van der Waals surface area contributed by atoms with Crippen molar-refractivity contribution in [2.75, 3.05) is 0 Å². The monoisotopic (exact) mass is 370 g/mol. The van der Waals surface area contributed by atoms with E-state index < -0.39 is 17.7 Å². The van der Waals surface area contributed by atoms with Gasteiger partial charge in [0.25, 0.3) is 0 Å². The number of benzene rings is 2. The largest absolute Gasteiger partial charge is 0.478 e. The quantitative estimate of drug-likeness (QED) is 0.527. The molecule has 2 aromatic carbocycles. The number of carboxylic acid groups (broad SMARTS) is 1. The summed E-state index contributed by atoms with van der Waals surface area (Å²) in [6, 6.07) is 11.9. The van der Waals surface area contributed by atoms with Gasteiger partial charge in [0.15, 0.2) is 0 Å². The fraction of sp³-hybridized carbons (Fsp3) is 0.100. The van der Waals surface area contributed by atoms with E-state index in [9.17, 15) is 23.1 Å². The van der Waals surface area contributed by atoms with E-state index in [2.05, 4.69) is 4.98 Å². The van der Waals surface area contributed by atoms with Gasteiger partial charge >= 0.3 is 12.1 Å². The molecule has 0 radical (unpaired) electrons. The first kappa shape index (κ1) is 17.1. The molecule has 0 fully saturated rings. The van der Waals surface area contributed by atoms with Crippen molar-refractivity contribution in [2.45, 2.75) is 13.1 Å². The standard InChI is InChI=1S/C20H13F3N2O2/c1-11-3-2-4-16-17(11)15-9-12(19(26)27)10-24-18(15)25(16)14-7-5-13(6-8-14)20(21,22)23/h2-10H,1H3,(H,26,27). The topological polar surface area (TPSA) is 55.1 Å². The molecule has 2 heterocycles. The van der Waals surface area contributed by atoms with Crippen molar-refractivity contribution >= 4 is 27.9 Å². The van der Waals surface area contributed by atoms with Gasteiger partial charge in [-0.25, -0.2) is 9.78 Å². The molecule has 136 valence electrons. The second-order valence-electron chi connectivity index (χ2n) is 6.25. The summed E-state index contributed by atoms with van der Waals surface area (Å²) in [6.45, 7) is 1.90. The lowest BCUT2D eigenvalue weighted by atomic mass is 10.1. The molecule has 0 atom stereocenters. The lowest BCUT2D eigenvalue weighted by molar-refractivity contribution is -0.137. The Morgan fingerprint density at radius 2 is 1.81 bits per heavy atom. The van der Waals surface area contributed by atoms with Crippen molar-refractivity contribution in [1.82, 2.24) is 9.55 Å². The van der Waals surface area contributed by atoms with Crippen LogP contribution in [0.4, 0.5) is 13.2 Å². The minimum atomic E-state index is -4.41. The van der Waals surface area contributed by atoms with E-state index in [1.807, 2.05) is 25.1 Å². The van der Waals surface area contributed by atoms with E-state index in [-0.39, 0.29) is 5.56 Å². The number of aryl methyl sites for hydroxylation is 1. The minimum absolute atomic E-state index is 0.0530. The van der Waals surface area contributed by atoms with E-state index >= 15 is 0 Å². The number of rotatable bonds is 2. The van der Waals surface area contributed by atoms with Gasteiger partial charge < -0.3 is 5.11 Å². The van der Waals surface area contributed by atoms with Crippen LogP contribution in [-0.2, 0) is 6.18 Å². The summed E-state index contributed by atoms with van der Waals surface area (Å²) in [5, 5.41) is 10.7. The highest BCUT2D eigenvalue weighted by molar-refractivity contribution is 6.11. The van der Waals surface area contributed by atoms with Gasteiger partial charge in [-0.2, -0.15) is 13.2 Å². The van der Waals surface area contributed by atoms with E-state index in [0.717, 1.165) is 28.6 Å². The Labute approximate surface area is 151 Å². The summed E-state index contributed by atoms with van der Waals surface area (Å²) >= 11 is 0. The molecule has 7 heteroatoms.